The summed E-state index contributed by atoms with van der Waals surface area (Å²) in [4.78, 5) is 1.31. The number of nitrogens with one attached hydrogen (secondary N) is 1. The van der Waals surface area contributed by atoms with Crippen molar-refractivity contribution in [3.05, 3.63) is 28.7 Å². The summed E-state index contributed by atoms with van der Waals surface area (Å²) in [6.07, 6.45) is 6.74. The molecule has 1 unspecified atom stereocenters. The van der Waals surface area contributed by atoms with E-state index in [1.807, 2.05) is 11.8 Å². The van der Waals surface area contributed by atoms with Crippen LogP contribution in [0, 0.1) is 11.8 Å². The minimum Gasteiger partial charge on any atom is -0.271 e. The topological polar surface area (TPSA) is 38.0 Å². The molecule has 0 aromatic heterocycles. The van der Waals surface area contributed by atoms with Crippen molar-refractivity contribution in [3.8, 4) is 0 Å². The molecule has 1 aliphatic rings. The van der Waals surface area contributed by atoms with E-state index in [0.29, 0.717) is 6.04 Å². The molecule has 1 saturated carbocycles. The molecule has 2 rings (SSSR count). The Morgan fingerprint density at radius 3 is 2.70 bits per heavy atom. The van der Waals surface area contributed by atoms with Gasteiger partial charge in [-0.25, -0.2) is 0 Å². The fourth-order valence-electron chi connectivity index (χ4n) is 3.06. The number of hydrogen-bond donors (Lipinski definition) is 2. The molecule has 1 atom stereocenters. The molecular formula is C16H25BrN2S. The Morgan fingerprint density at radius 2 is 2.10 bits per heavy atom. The van der Waals surface area contributed by atoms with Crippen LogP contribution < -0.4 is 11.3 Å². The standard InChI is InChI=1S/C16H25BrN2S/c1-2-12-6-8-13(9-7-12)16(19-18)11-20-15-5-3-4-14(17)10-15/h3-5,10,12-13,16,19H,2,6-9,11,18H2,1H3. The van der Waals surface area contributed by atoms with Crippen LogP contribution in [-0.4, -0.2) is 11.8 Å². The highest BCUT2D eigenvalue weighted by Crippen LogP contribution is 2.34. The van der Waals surface area contributed by atoms with Crippen LogP contribution in [0.1, 0.15) is 39.0 Å². The molecule has 0 amide bonds. The van der Waals surface area contributed by atoms with E-state index in [1.165, 1.54) is 37.0 Å². The molecule has 0 spiro atoms. The molecule has 0 heterocycles. The van der Waals surface area contributed by atoms with Gasteiger partial charge >= 0.3 is 0 Å². The zero-order chi connectivity index (χ0) is 14.4. The van der Waals surface area contributed by atoms with Gasteiger partial charge in [-0.05, 0) is 42.9 Å². The Balaban J connectivity index is 1.83. The van der Waals surface area contributed by atoms with Crippen molar-refractivity contribution < 1.29 is 0 Å². The molecule has 3 N–H and O–H groups in total. The summed E-state index contributed by atoms with van der Waals surface area (Å²) in [5.41, 5.74) is 3.06. The second-order valence-corrected chi connectivity index (χ2v) is 7.74. The van der Waals surface area contributed by atoms with Gasteiger partial charge in [0.25, 0.3) is 0 Å². The fourth-order valence-corrected chi connectivity index (χ4v) is 4.74. The van der Waals surface area contributed by atoms with Gasteiger partial charge in [0.15, 0.2) is 0 Å². The quantitative estimate of drug-likeness (QED) is 0.444. The first-order valence-corrected chi connectivity index (χ1v) is 9.35. The molecule has 112 valence electrons. The predicted molar refractivity (Wildman–Crippen MR) is 91.7 cm³/mol. The van der Waals surface area contributed by atoms with Crippen molar-refractivity contribution in [3.63, 3.8) is 0 Å². The summed E-state index contributed by atoms with van der Waals surface area (Å²) >= 11 is 5.42. The van der Waals surface area contributed by atoms with E-state index >= 15 is 0 Å². The Bertz CT molecular complexity index is 405. The summed E-state index contributed by atoms with van der Waals surface area (Å²) in [6.45, 7) is 2.31. The minimum atomic E-state index is 0.428. The normalized spacial score (nSPS) is 24.6. The number of hydrogen-bond acceptors (Lipinski definition) is 3. The van der Waals surface area contributed by atoms with Crippen LogP contribution in [0.15, 0.2) is 33.6 Å². The summed E-state index contributed by atoms with van der Waals surface area (Å²) in [5.74, 6) is 8.53. The highest BCUT2D eigenvalue weighted by Gasteiger charge is 2.26. The maximum atomic E-state index is 5.79. The number of nitrogens with two attached hydrogens (primary N) is 1. The Kier molecular flexibility index (Phi) is 6.88. The van der Waals surface area contributed by atoms with Crippen LogP contribution in [0.25, 0.3) is 0 Å². The third-order valence-corrected chi connectivity index (χ3v) is 6.08. The number of halogens is 1. The van der Waals surface area contributed by atoms with Gasteiger partial charge in [-0.2, -0.15) is 0 Å². The number of benzene rings is 1. The van der Waals surface area contributed by atoms with E-state index in [0.717, 1.165) is 22.1 Å². The minimum absolute atomic E-state index is 0.428. The van der Waals surface area contributed by atoms with Gasteiger partial charge in [-0.3, -0.25) is 11.3 Å². The van der Waals surface area contributed by atoms with Gasteiger partial charge in [0.05, 0.1) is 0 Å². The zero-order valence-electron chi connectivity index (χ0n) is 12.1. The first kappa shape index (κ1) is 16.3. The fraction of sp³-hybridized carbons (Fsp3) is 0.625. The SMILES string of the molecule is CCC1CCC(C(CSc2cccc(Br)c2)NN)CC1. The second-order valence-electron chi connectivity index (χ2n) is 5.73. The van der Waals surface area contributed by atoms with Crippen LogP contribution in [0.4, 0.5) is 0 Å². The van der Waals surface area contributed by atoms with Crippen molar-refractivity contribution >= 4 is 27.7 Å². The molecule has 1 aromatic rings. The summed E-state index contributed by atoms with van der Waals surface area (Å²) in [5, 5.41) is 0. The number of rotatable bonds is 6. The van der Waals surface area contributed by atoms with Crippen molar-refractivity contribution in [2.24, 2.45) is 17.7 Å². The molecule has 1 fully saturated rings. The zero-order valence-corrected chi connectivity index (χ0v) is 14.6. The third kappa shape index (κ3) is 4.76. The Hall–Kier alpha value is -0.0300. The molecule has 0 radical (unpaired) electrons. The van der Waals surface area contributed by atoms with Crippen molar-refractivity contribution in [1.82, 2.24) is 5.43 Å². The van der Waals surface area contributed by atoms with E-state index in [1.54, 1.807) is 0 Å². The largest absolute Gasteiger partial charge is 0.271 e. The summed E-state index contributed by atoms with van der Waals surface area (Å²) in [7, 11) is 0. The van der Waals surface area contributed by atoms with Crippen LogP contribution >= 0.6 is 27.7 Å². The van der Waals surface area contributed by atoms with E-state index in [2.05, 4.69) is 52.5 Å². The molecule has 1 aromatic carbocycles. The highest BCUT2D eigenvalue weighted by atomic mass is 79.9. The van der Waals surface area contributed by atoms with Gasteiger partial charge in [-0.15, -0.1) is 11.8 Å². The lowest BCUT2D eigenvalue weighted by Crippen LogP contribution is -2.44. The highest BCUT2D eigenvalue weighted by molar-refractivity contribution is 9.10. The van der Waals surface area contributed by atoms with Crippen LogP contribution in [0.5, 0.6) is 0 Å². The monoisotopic (exact) mass is 356 g/mol. The van der Waals surface area contributed by atoms with Crippen LogP contribution in [0.2, 0.25) is 0 Å². The maximum absolute atomic E-state index is 5.79. The van der Waals surface area contributed by atoms with Crippen LogP contribution in [-0.2, 0) is 0 Å². The van der Waals surface area contributed by atoms with Gasteiger partial charge in [-0.1, -0.05) is 48.2 Å². The summed E-state index contributed by atoms with van der Waals surface area (Å²) < 4.78 is 1.14. The molecule has 1 aliphatic carbocycles. The molecule has 4 heteroatoms. The van der Waals surface area contributed by atoms with Crippen molar-refractivity contribution in [2.75, 3.05) is 5.75 Å². The number of hydrazine groups is 1. The van der Waals surface area contributed by atoms with E-state index in [4.69, 9.17) is 5.84 Å². The smallest absolute Gasteiger partial charge is 0.0332 e. The second kappa shape index (κ2) is 8.42. The molecule has 0 bridgehead atoms. The van der Waals surface area contributed by atoms with Gasteiger partial charge in [0, 0.05) is 21.2 Å². The third-order valence-electron chi connectivity index (χ3n) is 4.48. The lowest BCUT2D eigenvalue weighted by molar-refractivity contribution is 0.228. The van der Waals surface area contributed by atoms with E-state index in [9.17, 15) is 0 Å². The average molecular weight is 357 g/mol. The summed E-state index contributed by atoms with van der Waals surface area (Å²) in [6, 6.07) is 8.92. The maximum Gasteiger partial charge on any atom is 0.0332 e. The lowest BCUT2D eigenvalue weighted by Gasteiger charge is -2.33. The first-order valence-electron chi connectivity index (χ1n) is 7.57. The number of thioether (sulfide) groups is 1. The van der Waals surface area contributed by atoms with E-state index < -0.39 is 0 Å². The van der Waals surface area contributed by atoms with Crippen molar-refractivity contribution in [1.29, 1.82) is 0 Å². The predicted octanol–water partition coefficient (Wildman–Crippen LogP) is 4.59. The average Bonchev–Trinajstić information content (AvgIpc) is 2.48. The Labute approximate surface area is 135 Å². The van der Waals surface area contributed by atoms with Gasteiger partial charge in [0.2, 0.25) is 0 Å². The van der Waals surface area contributed by atoms with Crippen molar-refractivity contribution in [2.45, 2.75) is 50.0 Å². The molecule has 20 heavy (non-hydrogen) atoms. The van der Waals surface area contributed by atoms with Crippen LogP contribution in [0.3, 0.4) is 0 Å². The molecule has 2 nitrogen and oxygen atoms in total. The molecule has 0 saturated heterocycles. The first-order chi connectivity index (χ1) is 9.72. The van der Waals surface area contributed by atoms with Gasteiger partial charge < -0.3 is 0 Å². The molecular weight excluding hydrogens is 332 g/mol. The Morgan fingerprint density at radius 1 is 1.35 bits per heavy atom. The van der Waals surface area contributed by atoms with Gasteiger partial charge in [0.1, 0.15) is 0 Å². The lowest BCUT2D eigenvalue weighted by atomic mass is 9.78. The van der Waals surface area contributed by atoms with E-state index in [-0.39, 0.29) is 0 Å². The molecule has 0 aliphatic heterocycles.